The molecular weight excluding hydrogens is 334 g/mol. The SMILES string of the molecule is Cc1cc(C)c(/C=C/c2cc(-c3cc4c([nH]3)CCNC4=O)ccn2)cc1C. The van der Waals surface area contributed by atoms with E-state index in [4.69, 9.17) is 0 Å². The number of rotatable bonds is 3. The highest BCUT2D eigenvalue weighted by atomic mass is 16.1. The molecule has 2 N–H and O–H groups in total. The number of carbonyl (C=O) groups is 1. The van der Waals surface area contributed by atoms with Crippen LogP contribution in [-0.2, 0) is 6.42 Å². The second kappa shape index (κ2) is 6.88. The lowest BCUT2D eigenvalue weighted by molar-refractivity contribution is 0.0946. The molecule has 0 bridgehead atoms. The van der Waals surface area contributed by atoms with Crippen LogP contribution in [0.2, 0.25) is 0 Å². The van der Waals surface area contributed by atoms with E-state index in [-0.39, 0.29) is 5.91 Å². The van der Waals surface area contributed by atoms with Crippen molar-refractivity contribution < 1.29 is 4.79 Å². The van der Waals surface area contributed by atoms with E-state index in [0.717, 1.165) is 34.6 Å². The Hall–Kier alpha value is -3.14. The first-order valence-electron chi connectivity index (χ1n) is 9.24. The third kappa shape index (κ3) is 3.43. The predicted octanol–water partition coefficient (Wildman–Crippen LogP) is 4.46. The van der Waals surface area contributed by atoms with Crippen molar-refractivity contribution >= 4 is 18.1 Å². The Morgan fingerprint density at radius 3 is 2.63 bits per heavy atom. The summed E-state index contributed by atoms with van der Waals surface area (Å²) in [7, 11) is 0. The molecule has 1 aromatic carbocycles. The first-order chi connectivity index (χ1) is 13.0. The van der Waals surface area contributed by atoms with Gasteiger partial charge in [0.25, 0.3) is 5.91 Å². The summed E-state index contributed by atoms with van der Waals surface area (Å²) in [4.78, 5) is 19.8. The van der Waals surface area contributed by atoms with Gasteiger partial charge in [-0.1, -0.05) is 18.2 Å². The second-order valence-electron chi connectivity index (χ2n) is 7.18. The van der Waals surface area contributed by atoms with Crippen LogP contribution < -0.4 is 5.32 Å². The Morgan fingerprint density at radius 1 is 1.00 bits per heavy atom. The molecule has 1 amide bonds. The number of hydrogen-bond donors (Lipinski definition) is 2. The van der Waals surface area contributed by atoms with Gasteiger partial charge in [0.1, 0.15) is 0 Å². The molecule has 0 atom stereocenters. The van der Waals surface area contributed by atoms with Crippen LogP contribution in [0.1, 0.15) is 44.0 Å². The van der Waals surface area contributed by atoms with Crippen LogP contribution in [0.4, 0.5) is 0 Å². The average Bonchev–Trinajstić information content (AvgIpc) is 3.10. The molecule has 27 heavy (non-hydrogen) atoms. The summed E-state index contributed by atoms with van der Waals surface area (Å²) < 4.78 is 0. The van der Waals surface area contributed by atoms with E-state index in [1.54, 1.807) is 0 Å². The molecular formula is C23H23N3O. The number of nitrogens with zero attached hydrogens (tertiary/aromatic N) is 1. The molecule has 3 heterocycles. The van der Waals surface area contributed by atoms with Crippen LogP contribution in [0.15, 0.2) is 36.5 Å². The van der Waals surface area contributed by atoms with E-state index in [9.17, 15) is 4.79 Å². The number of benzene rings is 1. The predicted molar refractivity (Wildman–Crippen MR) is 110 cm³/mol. The smallest absolute Gasteiger partial charge is 0.253 e. The Morgan fingerprint density at radius 2 is 1.81 bits per heavy atom. The number of aryl methyl sites for hydroxylation is 3. The van der Waals surface area contributed by atoms with Gasteiger partial charge in [0.2, 0.25) is 0 Å². The van der Waals surface area contributed by atoms with E-state index >= 15 is 0 Å². The highest BCUT2D eigenvalue weighted by Crippen LogP contribution is 2.25. The van der Waals surface area contributed by atoms with Crippen LogP contribution in [0.5, 0.6) is 0 Å². The molecule has 0 spiro atoms. The van der Waals surface area contributed by atoms with Gasteiger partial charge in [-0.3, -0.25) is 9.78 Å². The molecule has 4 heteroatoms. The summed E-state index contributed by atoms with van der Waals surface area (Å²) in [5.41, 5.74) is 9.69. The molecule has 4 nitrogen and oxygen atoms in total. The molecule has 3 aromatic rings. The number of aromatic amines is 1. The molecule has 0 saturated heterocycles. The summed E-state index contributed by atoms with van der Waals surface area (Å²) in [5, 5.41) is 2.88. The minimum absolute atomic E-state index is 0.00172. The second-order valence-corrected chi connectivity index (χ2v) is 7.18. The van der Waals surface area contributed by atoms with E-state index in [2.05, 4.69) is 54.3 Å². The Bertz CT molecular complexity index is 1060. The zero-order valence-corrected chi connectivity index (χ0v) is 15.9. The van der Waals surface area contributed by atoms with Gasteiger partial charge in [-0.25, -0.2) is 0 Å². The largest absolute Gasteiger partial charge is 0.358 e. The number of pyridine rings is 1. The topological polar surface area (TPSA) is 57.8 Å². The lowest BCUT2D eigenvalue weighted by atomic mass is 10.0. The Balaban J connectivity index is 1.64. The van der Waals surface area contributed by atoms with Crippen LogP contribution >= 0.6 is 0 Å². The van der Waals surface area contributed by atoms with Crippen LogP contribution in [0, 0.1) is 20.8 Å². The number of amides is 1. The van der Waals surface area contributed by atoms with E-state index < -0.39 is 0 Å². The van der Waals surface area contributed by atoms with Crippen molar-refractivity contribution in [2.45, 2.75) is 27.2 Å². The van der Waals surface area contributed by atoms with Gasteiger partial charge in [-0.2, -0.15) is 0 Å². The van der Waals surface area contributed by atoms with Crippen LogP contribution in [0.3, 0.4) is 0 Å². The Labute approximate surface area is 159 Å². The number of nitrogens with one attached hydrogen (secondary N) is 2. The lowest BCUT2D eigenvalue weighted by Crippen LogP contribution is -2.31. The summed E-state index contributed by atoms with van der Waals surface area (Å²) in [6, 6.07) is 10.4. The minimum Gasteiger partial charge on any atom is -0.358 e. The molecule has 0 aliphatic carbocycles. The molecule has 1 aliphatic heterocycles. The maximum Gasteiger partial charge on any atom is 0.253 e. The van der Waals surface area contributed by atoms with Crippen molar-refractivity contribution in [3.8, 4) is 11.3 Å². The van der Waals surface area contributed by atoms with Crippen molar-refractivity contribution in [2.24, 2.45) is 0 Å². The summed E-state index contributed by atoms with van der Waals surface area (Å²) >= 11 is 0. The van der Waals surface area contributed by atoms with Crippen LogP contribution in [-0.4, -0.2) is 22.4 Å². The van der Waals surface area contributed by atoms with E-state index in [0.29, 0.717) is 6.54 Å². The zero-order chi connectivity index (χ0) is 19.0. The maximum absolute atomic E-state index is 12.0. The highest BCUT2D eigenvalue weighted by Gasteiger charge is 2.19. The summed E-state index contributed by atoms with van der Waals surface area (Å²) in [6.07, 6.45) is 6.80. The van der Waals surface area contributed by atoms with E-state index in [1.807, 2.05) is 30.5 Å². The van der Waals surface area contributed by atoms with Crippen molar-refractivity contribution in [1.82, 2.24) is 15.3 Å². The quantitative estimate of drug-likeness (QED) is 0.727. The molecule has 1 aliphatic rings. The van der Waals surface area contributed by atoms with Crippen molar-refractivity contribution in [3.05, 3.63) is 75.7 Å². The van der Waals surface area contributed by atoms with Gasteiger partial charge in [-0.05, 0) is 67.3 Å². The fraction of sp³-hybridized carbons (Fsp3) is 0.217. The van der Waals surface area contributed by atoms with Gasteiger partial charge in [-0.15, -0.1) is 0 Å². The van der Waals surface area contributed by atoms with Gasteiger partial charge in [0.15, 0.2) is 0 Å². The first-order valence-corrected chi connectivity index (χ1v) is 9.24. The lowest BCUT2D eigenvalue weighted by Gasteiger charge is -2.10. The molecule has 2 aromatic heterocycles. The third-order valence-corrected chi connectivity index (χ3v) is 5.21. The molecule has 0 unspecified atom stereocenters. The van der Waals surface area contributed by atoms with Gasteiger partial charge < -0.3 is 10.3 Å². The average molecular weight is 357 g/mol. The number of H-pyrrole nitrogens is 1. The van der Waals surface area contributed by atoms with E-state index in [1.165, 1.54) is 22.3 Å². The highest BCUT2D eigenvalue weighted by molar-refractivity contribution is 5.97. The fourth-order valence-electron chi connectivity index (χ4n) is 3.49. The van der Waals surface area contributed by atoms with Crippen LogP contribution in [0.25, 0.3) is 23.4 Å². The van der Waals surface area contributed by atoms with Crippen molar-refractivity contribution in [3.63, 3.8) is 0 Å². The monoisotopic (exact) mass is 357 g/mol. The molecule has 0 fully saturated rings. The number of hydrogen-bond acceptors (Lipinski definition) is 2. The Kier molecular flexibility index (Phi) is 4.40. The molecule has 0 saturated carbocycles. The summed E-state index contributed by atoms with van der Waals surface area (Å²) in [5.74, 6) is -0.00172. The van der Waals surface area contributed by atoms with Crippen molar-refractivity contribution in [2.75, 3.05) is 6.54 Å². The number of carbonyl (C=O) groups excluding carboxylic acids is 1. The van der Waals surface area contributed by atoms with Gasteiger partial charge in [0.05, 0.1) is 11.3 Å². The standard InChI is InChI=1S/C23H23N3O/c1-14-10-16(3)17(11-15(14)2)4-5-19-12-18(6-8-24-19)22-13-20-21(26-22)7-9-25-23(20)27/h4-6,8,10-13,26H,7,9H2,1-3H3,(H,25,27)/b5-4+. The fourth-order valence-corrected chi connectivity index (χ4v) is 3.49. The number of fused-ring (bicyclic) bond motifs is 1. The number of aromatic nitrogens is 2. The molecule has 4 rings (SSSR count). The molecule has 136 valence electrons. The maximum atomic E-state index is 12.0. The van der Waals surface area contributed by atoms with Gasteiger partial charge in [0, 0.05) is 36.1 Å². The summed E-state index contributed by atoms with van der Waals surface area (Å²) in [6.45, 7) is 7.08. The third-order valence-electron chi connectivity index (χ3n) is 5.21. The van der Waals surface area contributed by atoms with Gasteiger partial charge >= 0.3 is 0 Å². The zero-order valence-electron chi connectivity index (χ0n) is 15.9. The first kappa shape index (κ1) is 17.3. The minimum atomic E-state index is -0.00172. The van der Waals surface area contributed by atoms with Crippen molar-refractivity contribution in [1.29, 1.82) is 0 Å². The normalized spacial score (nSPS) is 13.7. The molecule has 0 radical (unpaired) electrons.